The zero-order valence-corrected chi connectivity index (χ0v) is 12.2. The van der Waals surface area contributed by atoms with Gasteiger partial charge in [0, 0.05) is 24.2 Å². The van der Waals surface area contributed by atoms with E-state index in [4.69, 9.17) is 0 Å². The second-order valence-corrected chi connectivity index (χ2v) is 7.42. The molecular weight excluding hydrogens is 250 g/mol. The summed E-state index contributed by atoms with van der Waals surface area (Å²) in [5.41, 5.74) is 0. The van der Waals surface area contributed by atoms with Crippen LogP contribution in [0.4, 0.5) is 0 Å². The summed E-state index contributed by atoms with van der Waals surface area (Å²) in [5, 5.41) is 10.6. The Morgan fingerprint density at radius 3 is 2.40 bits per heavy atom. The fraction of sp³-hybridized carbons (Fsp3) is 0.938. The van der Waals surface area contributed by atoms with Gasteiger partial charge in [0.05, 0.1) is 6.04 Å². The maximum Gasteiger partial charge on any atom is 0.237 e. The van der Waals surface area contributed by atoms with Gasteiger partial charge in [-0.15, -0.1) is 0 Å². The smallest absolute Gasteiger partial charge is 0.237 e. The summed E-state index contributed by atoms with van der Waals surface area (Å²) in [6.07, 6.45) is 11.2. The molecule has 0 aromatic rings. The average Bonchev–Trinajstić information content (AvgIpc) is 3.02. The number of carbonyl (C=O) groups excluding carboxylic acids is 1. The number of carbonyl (C=O) groups is 1. The third-order valence-corrected chi connectivity index (χ3v) is 6.00. The predicted octanol–water partition coefficient (Wildman–Crippen LogP) is 1.31. The highest BCUT2D eigenvalue weighted by atomic mass is 16.2. The molecule has 3 heterocycles. The summed E-state index contributed by atoms with van der Waals surface area (Å²) >= 11 is 0. The van der Waals surface area contributed by atoms with Gasteiger partial charge in [0.15, 0.2) is 0 Å². The molecule has 3 aliphatic heterocycles. The highest BCUT2D eigenvalue weighted by Crippen LogP contribution is 2.33. The monoisotopic (exact) mass is 277 g/mol. The second kappa shape index (κ2) is 5.30. The molecule has 0 spiro atoms. The Morgan fingerprint density at radius 2 is 1.65 bits per heavy atom. The third-order valence-electron chi connectivity index (χ3n) is 6.00. The molecule has 5 atom stereocenters. The SMILES string of the molecule is O=C(NC1CC2CCC(C1)N2)C1CC2CCCCC2N1. The molecule has 3 saturated heterocycles. The number of piperidine rings is 1. The number of hydrogen-bond acceptors (Lipinski definition) is 3. The lowest BCUT2D eigenvalue weighted by molar-refractivity contribution is -0.123. The first-order chi connectivity index (χ1) is 9.78. The number of fused-ring (bicyclic) bond motifs is 3. The van der Waals surface area contributed by atoms with E-state index >= 15 is 0 Å². The molecule has 112 valence electrons. The largest absolute Gasteiger partial charge is 0.352 e. The van der Waals surface area contributed by atoms with Crippen LogP contribution >= 0.6 is 0 Å². The van der Waals surface area contributed by atoms with Gasteiger partial charge in [0.25, 0.3) is 0 Å². The molecule has 4 heteroatoms. The Bertz CT molecular complexity index is 360. The molecule has 1 aliphatic carbocycles. The summed E-state index contributed by atoms with van der Waals surface area (Å²) in [7, 11) is 0. The number of nitrogens with one attached hydrogen (secondary N) is 3. The fourth-order valence-corrected chi connectivity index (χ4v) is 5.00. The van der Waals surface area contributed by atoms with Gasteiger partial charge in [-0.05, 0) is 50.9 Å². The molecule has 4 nitrogen and oxygen atoms in total. The van der Waals surface area contributed by atoms with Crippen LogP contribution in [0.5, 0.6) is 0 Å². The number of amides is 1. The second-order valence-electron chi connectivity index (χ2n) is 7.42. The lowest BCUT2D eigenvalue weighted by Gasteiger charge is -2.30. The van der Waals surface area contributed by atoms with Crippen LogP contribution in [0.15, 0.2) is 0 Å². The van der Waals surface area contributed by atoms with E-state index in [9.17, 15) is 4.79 Å². The first kappa shape index (κ1) is 13.1. The van der Waals surface area contributed by atoms with Crippen molar-refractivity contribution in [3.05, 3.63) is 0 Å². The molecule has 4 fully saturated rings. The zero-order chi connectivity index (χ0) is 13.5. The molecule has 0 aromatic carbocycles. The van der Waals surface area contributed by atoms with Crippen LogP contribution in [0.3, 0.4) is 0 Å². The molecule has 0 radical (unpaired) electrons. The van der Waals surface area contributed by atoms with Crippen LogP contribution in [0, 0.1) is 5.92 Å². The summed E-state index contributed by atoms with van der Waals surface area (Å²) in [5.74, 6) is 1.02. The van der Waals surface area contributed by atoms with Crippen molar-refractivity contribution < 1.29 is 4.79 Å². The minimum Gasteiger partial charge on any atom is -0.352 e. The molecule has 1 amide bonds. The minimum atomic E-state index is 0.0793. The van der Waals surface area contributed by atoms with Gasteiger partial charge in [-0.2, -0.15) is 0 Å². The standard InChI is InChI=1S/C16H27N3O/c20-16(15-7-10-3-1-2-4-14(10)19-15)18-13-8-11-5-6-12(9-13)17-11/h10-15,17,19H,1-9H2,(H,18,20). The summed E-state index contributed by atoms with van der Waals surface area (Å²) in [6.45, 7) is 0. The normalized spacial score (nSPS) is 47.0. The van der Waals surface area contributed by atoms with Gasteiger partial charge < -0.3 is 16.0 Å². The third kappa shape index (κ3) is 2.48. The molecule has 5 unspecified atom stereocenters. The maximum atomic E-state index is 12.5. The van der Waals surface area contributed by atoms with Crippen LogP contribution in [-0.2, 0) is 4.79 Å². The molecular formula is C16H27N3O. The van der Waals surface area contributed by atoms with Crippen LogP contribution in [0.2, 0.25) is 0 Å². The molecule has 1 saturated carbocycles. The Kier molecular flexibility index (Phi) is 3.47. The van der Waals surface area contributed by atoms with Crippen molar-refractivity contribution in [3.63, 3.8) is 0 Å². The lowest BCUT2D eigenvalue weighted by Crippen LogP contribution is -2.52. The average molecular weight is 277 g/mol. The van der Waals surface area contributed by atoms with Crippen molar-refractivity contribution in [2.45, 2.75) is 88.0 Å². The molecule has 2 bridgehead atoms. The summed E-state index contributed by atoms with van der Waals surface area (Å²) in [6, 6.07) is 2.40. The van der Waals surface area contributed by atoms with E-state index in [2.05, 4.69) is 16.0 Å². The van der Waals surface area contributed by atoms with E-state index in [-0.39, 0.29) is 11.9 Å². The summed E-state index contributed by atoms with van der Waals surface area (Å²) in [4.78, 5) is 12.5. The van der Waals surface area contributed by atoms with E-state index in [1.807, 2.05) is 0 Å². The van der Waals surface area contributed by atoms with Crippen LogP contribution in [0.25, 0.3) is 0 Å². The minimum absolute atomic E-state index is 0.0793. The van der Waals surface area contributed by atoms with Gasteiger partial charge in [-0.3, -0.25) is 4.79 Å². The van der Waals surface area contributed by atoms with Crippen LogP contribution < -0.4 is 16.0 Å². The van der Waals surface area contributed by atoms with Crippen LogP contribution in [0.1, 0.15) is 57.8 Å². The van der Waals surface area contributed by atoms with Gasteiger partial charge in [0.2, 0.25) is 5.91 Å². The Balaban J connectivity index is 1.32. The number of hydrogen-bond donors (Lipinski definition) is 3. The highest BCUT2D eigenvalue weighted by Gasteiger charge is 2.40. The van der Waals surface area contributed by atoms with E-state index in [1.54, 1.807) is 0 Å². The van der Waals surface area contributed by atoms with Crippen molar-refractivity contribution in [3.8, 4) is 0 Å². The van der Waals surface area contributed by atoms with E-state index < -0.39 is 0 Å². The van der Waals surface area contributed by atoms with Crippen LogP contribution in [-0.4, -0.2) is 36.1 Å². The first-order valence-electron chi connectivity index (χ1n) is 8.60. The molecule has 3 N–H and O–H groups in total. The molecule has 4 aliphatic rings. The highest BCUT2D eigenvalue weighted by molar-refractivity contribution is 5.82. The molecule has 20 heavy (non-hydrogen) atoms. The Morgan fingerprint density at radius 1 is 0.900 bits per heavy atom. The summed E-state index contributed by atoms with van der Waals surface area (Å²) < 4.78 is 0. The van der Waals surface area contributed by atoms with Crippen molar-refractivity contribution in [2.75, 3.05) is 0 Å². The maximum absolute atomic E-state index is 12.5. The van der Waals surface area contributed by atoms with Crippen molar-refractivity contribution in [1.82, 2.24) is 16.0 Å². The van der Waals surface area contributed by atoms with E-state index in [0.717, 1.165) is 25.2 Å². The lowest BCUT2D eigenvalue weighted by atomic mass is 9.85. The van der Waals surface area contributed by atoms with Crippen molar-refractivity contribution >= 4 is 5.91 Å². The van der Waals surface area contributed by atoms with Gasteiger partial charge in [0.1, 0.15) is 0 Å². The number of rotatable bonds is 2. The van der Waals surface area contributed by atoms with Gasteiger partial charge in [-0.25, -0.2) is 0 Å². The molecule has 4 rings (SSSR count). The first-order valence-corrected chi connectivity index (χ1v) is 8.60. The Hall–Kier alpha value is -0.610. The van der Waals surface area contributed by atoms with Crippen molar-refractivity contribution in [2.24, 2.45) is 5.92 Å². The van der Waals surface area contributed by atoms with Gasteiger partial charge in [-0.1, -0.05) is 12.8 Å². The predicted molar refractivity (Wildman–Crippen MR) is 78.4 cm³/mol. The van der Waals surface area contributed by atoms with Crippen molar-refractivity contribution in [1.29, 1.82) is 0 Å². The Labute approximate surface area is 121 Å². The molecule has 0 aromatic heterocycles. The van der Waals surface area contributed by atoms with E-state index in [1.165, 1.54) is 38.5 Å². The quantitative estimate of drug-likeness (QED) is 0.713. The van der Waals surface area contributed by atoms with E-state index in [0.29, 0.717) is 24.2 Å². The topological polar surface area (TPSA) is 53.2 Å². The van der Waals surface area contributed by atoms with Gasteiger partial charge >= 0.3 is 0 Å². The zero-order valence-electron chi connectivity index (χ0n) is 12.2. The fourth-order valence-electron chi connectivity index (χ4n) is 5.00.